The van der Waals surface area contributed by atoms with E-state index in [-0.39, 0.29) is 11.9 Å². The molecule has 1 unspecified atom stereocenters. The molecule has 0 bridgehead atoms. The summed E-state index contributed by atoms with van der Waals surface area (Å²) >= 11 is 0. The minimum absolute atomic E-state index is 0.0424. The van der Waals surface area contributed by atoms with Crippen LogP contribution < -0.4 is 10.6 Å². The van der Waals surface area contributed by atoms with Crippen molar-refractivity contribution < 1.29 is 4.79 Å². The highest BCUT2D eigenvalue weighted by Crippen LogP contribution is 2.17. The van der Waals surface area contributed by atoms with Crippen LogP contribution in [0.25, 0.3) is 0 Å². The van der Waals surface area contributed by atoms with Gasteiger partial charge in [0.05, 0.1) is 18.6 Å². The smallest absolute Gasteiger partial charge is 0.244 e. The topological polar surface area (TPSA) is 64.2 Å². The maximum absolute atomic E-state index is 11.6. The van der Waals surface area contributed by atoms with Gasteiger partial charge >= 0.3 is 0 Å². The molecule has 0 saturated carbocycles. The molecule has 0 saturated heterocycles. The molecule has 1 atom stereocenters. The summed E-state index contributed by atoms with van der Waals surface area (Å²) in [7, 11) is 1.72. The van der Waals surface area contributed by atoms with Gasteiger partial charge in [-0.05, 0) is 6.42 Å². The van der Waals surface area contributed by atoms with Crippen molar-refractivity contribution in [3.63, 3.8) is 0 Å². The van der Waals surface area contributed by atoms with Gasteiger partial charge in [-0.2, -0.15) is 0 Å². The van der Waals surface area contributed by atoms with E-state index in [4.69, 9.17) is 5.73 Å². The van der Waals surface area contributed by atoms with Crippen molar-refractivity contribution in [3.05, 3.63) is 12.5 Å². The number of likely N-dealkylation sites (N-methyl/N-ethyl adjacent to an activating group) is 1. The minimum Gasteiger partial charge on any atom is -0.320 e. The number of nitrogens with two attached hydrogens (primary N) is 1. The Morgan fingerprint density at radius 1 is 1.69 bits per heavy atom. The first-order valence-corrected chi connectivity index (χ1v) is 4.23. The predicted molar refractivity (Wildman–Crippen MR) is 48.2 cm³/mol. The van der Waals surface area contributed by atoms with Gasteiger partial charge < -0.3 is 10.3 Å². The van der Waals surface area contributed by atoms with Crippen LogP contribution in [0.1, 0.15) is 6.42 Å². The molecule has 5 nitrogen and oxygen atoms in total. The van der Waals surface area contributed by atoms with Crippen LogP contribution in [0.15, 0.2) is 12.5 Å². The number of carbonyl (C=O) groups excluding carboxylic acids is 1. The van der Waals surface area contributed by atoms with Gasteiger partial charge in [-0.3, -0.25) is 9.69 Å². The molecule has 70 valence electrons. The van der Waals surface area contributed by atoms with Crippen LogP contribution in [0.5, 0.6) is 0 Å². The first kappa shape index (κ1) is 8.25. The number of amides is 1. The fourth-order valence-corrected chi connectivity index (χ4v) is 1.53. The molecule has 0 spiro atoms. The maximum atomic E-state index is 11.6. The van der Waals surface area contributed by atoms with Gasteiger partial charge in [-0.25, -0.2) is 4.98 Å². The van der Waals surface area contributed by atoms with Crippen LogP contribution in [-0.4, -0.2) is 28.5 Å². The van der Waals surface area contributed by atoms with Crippen molar-refractivity contribution in [1.29, 1.82) is 0 Å². The molecule has 0 aromatic carbocycles. The Balaban J connectivity index is 2.40. The first-order valence-electron chi connectivity index (χ1n) is 4.23. The van der Waals surface area contributed by atoms with E-state index in [1.54, 1.807) is 24.5 Å². The number of aromatic nitrogens is 2. The molecule has 2 N–H and O–H groups in total. The summed E-state index contributed by atoms with van der Waals surface area (Å²) < 4.78 is 1.94. The monoisotopic (exact) mass is 180 g/mol. The average Bonchev–Trinajstić information content (AvgIpc) is 2.56. The third-order valence-corrected chi connectivity index (χ3v) is 2.36. The van der Waals surface area contributed by atoms with E-state index in [0.29, 0.717) is 6.42 Å². The molecule has 2 rings (SSSR count). The van der Waals surface area contributed by atoms with Crippen LogP contribution in [0, 0.1) is 0 Å². The summed E-state index contributed by atoms with van der Waals surface area (Å²) in [6.07, 6.45) is 4.07. The molecule has 1 amide bonds. The zero-order valence-electron chi connectivity index (χ0n) is 7.47. The van der Waals surface area contributed by atoms with Gasteiger partial charge in [0.1, 0.15) is 5.82 Å². The van der Waals surface area contributed by atoms with Crippen molar-refractivity contribution in [2.24, 2.45) is 5.73 Å². The fraction of sp³-hybridized carbons (Fsp3) is 0.500. The van der Waals surface area contributed by atoms with Gasteiger partial charge in [0.2, 0.25) is 5.91 Å². The van der Waals surface area contributed by atoms with Crippen LogP contribution in [0.3, 0.4) is 0 Å². The Bertz CT molecular complexity index is 333. The number of imidazole rings is 1. The Morgan fingerprint density at radius 3 is 3.23 bits per heavy atom. The van der Waals surface area contributed by atoms with Crippen LogP contribution >= 0.6 is 0 Å². The van der Waals surface area contributed by atoms with E-state index in [1.165, 1.54) is 0 Å². The lowest BCUT2D eigenvalue weighted by Gasteiger charge is -2.16. The highest BCUT2D eigenvalue weighted by atomic mass is 16.2. The Hall–Kier alpha value is -1.36. The zero-order chi connectivity index (χ0) is 9.42. The molecule has 1 aromatic heterocycles. The highest BCUT2D eigenvalue weighted by Gasteiger charge is 2.24. The number of fused-ring (bicyclic) bond motifs is 1. The average molecular weight is 180 g/mol. The van der Waals surface area contributed by atoms with E-state index >= 15 is 0 Å². The lowest BCUT2D eigenvalue weighted by atomic mass is 10.2. The lowest BCUT2D eigenvalue weighted by molar-refractivity contribution is -0.119. The molecule has 1 aliphatic rings. The Morgan fingerprint density at radius 2 is 2.46 bits per heavy atom. The third-order valence-electron chi connectivity index (χ3n) is 2.36. The van der Waals surface area contributed by atoms with Crippen molar-refractivity contribution in [2.75, 3.05) is 11.9 Å². The number of hydrogen-bond acceptors (Lipinski definition) is 3. The summed E-state index contributed by atoms with van der Waals surface area (Å²) in [6, 6.07) is -0.384. The van der Waals surface area contributed by atoms with Gasteiger partial charge in [-0.15, -0.1) is 0 Å². The second-order valence-electron chi connectivity index (χ2n) is 3.24. The Kier molecular flexibility index (Phi) is 1.81. The molecule has 0 radical (unpaired) electrons. The fourth-order valence-electron chi connectivity index (χ4n) is 1.53. The van der Waals surface area contributed by atoms with Gasteiger partial charge in [0.25, 0.3) is 0 Å². The van der Waals surface area contributed by atoms with Gasteiger partial charge in [0, 0.05) is 13.6 Å². The molecular weight excluding hydrogens is 168 g/mol. The number of rotatable bonds is 0. The molecule has 0 fully saturated rings. The molecule has 13 heavy (non-hydrogen) atoms. The molecule has 2 heterocycles. The van der Waals surface area contributed by atoms with Crippen LogP contribution in [-0.2, 0) is 11.3 Å². The van der Waals surface area contributed by atoms with Crippen molar-refractivity contribution in [1.82, 2.24) is 9.55 Å². The number of hydrogen-bond donors (Lipinski definition) is 1. The summed E-state index contributed by atoms with van der Waals surface area (Å²) in [5, 5.41) is 0. The van der Waals surface area contributed by atoms with E-state index in [2.05, 4.69) is 4.98 Å². The van der Waals surface area contributed by atoms with Crippen LogP contribution in [0.4, 0.5) is 5.82 Å². The predicted octanol–water partition coefficient (Wildman–Crippen LogP) is -0.423. The second kappa shape index (κ2) is 2.85. The minimum atomic E-state index is -0.384. The normalized spacial score (nSPS) is 22.8. The first-order chi connectivity index (χ1) is 6.20. The van der Waals surface area contributed by atoms with Crippen LogP contribution in [0.2, 0.25) is 0 Å². The summed E-state index contributed by atoms with van der Waals surface area (Å²) in [4.78, 5) is 17.1. The van der Waals surface area contributed by atoms with E-state index in [0.717, 1.165) is 12.4 Å². The lowest BCUT2D eigenvalue weighted by Crippen LogP contribution is -2.40. The highest BCUT2D eigenvalue weighted by molar-refractivity contribution is 5.96. The zero-order valence-corrected chi connectivity index (χ0v) is 7.47. The molecular formula is C8H12N4O. The molecule has 0 aliphatic carbocycles. The quantitative estimate of drug-likeness (QED) is 0.589. The van der Waals surface area contributed by atoms with E-state index in [9.17, 15) is 4.79 Å². The second-order valence-corrected chi connectivity index (χ2v) is 3.24. The molecule has 1 aromatic rings. The Labute approximate surface area is 76.2 Å². The number of carbonyl (C=O) groups is 1. The molecule has 5 heteroatoms. The molecule has 1 aliphatic heterocycles. The van der Waals surface area contributed by atoms with Gasteiger partial charge in [-0.1, -0.05) is 0 Å². The SMILES string of the molecule is CN1C(=O)C(N)CCn2cncc21. The summed E-state index contributed by atoms with van der Waals surface area (Å²) in [5.41, 5.74) is 5.68. The summed E-state index contributed by atoms with van der Waals surface area (Å²) in [6.45, 7) is 0.757. The van der Waals surface area contributed by atoms with Gasteiger partial charge in [0.15, 0.2) is 0 Å². The number of anilines is 1. The summed E-state index contributed by atoms with van der Waals surface area (Å²) in [5.74, 6) is 0.775. The maximum Gasteiger partial charge on any atom is 0.244 e. The van der Waals surface area contributed by atoms with E-state index in [1.807, 2.05) is 4.57 Å². The largest absolute Gasteiger partial charge is 0.320 e. The van der Waals surface area contributed by atoms with Crippen molar-refractivity contribution in [3.8, 4) is 0 Å². The van der Waals surface area contributed by atoms with E-state index < -0.39 is 0 Å². The van der Waals surface area contributed by atoms with Crippen molar-refractivity contribution in [2.45, 2.75) is 19.0 Å². The van der Waals surface area contributed by atoms with Crippen molar-refractivity contribution >= 4 is 11.7 Å². The number of nitrogens with zero attached hydrogens (tertiary/aromatic N) is 3. The third kappa shape index (κ3) is 1.21. The number of aryl methyl sites for hydroxylation is 1. The standard InChI is InChI=1S/C8H12N4O/c1-11-7-4-10-5-12(7)3-2-6(9)8(11)13/h4-6H,2-3,9H2,1H3.